The van der Waals surface area contributed by atoms with Gasteiger partial charge in [0.25, 0.3) is 0 Å². The summed E-state index contributed by atoms with van der Waals surface area (Å²) in [5.74, 6) is -2.06. The van der Waals surface area contributed by atoms with E-state index >= 15 is 0 Å². The Balaban J connectivity index is 3.88. The average Bonchev–Trinajstić information content (AvgIpc) is 2.11. The van der Waals surface area contributed by atoms with E-state index in [2.05, 4.69) is 0 Å². The molecule has 1 amide bonds. The fourth-order valence-corrected chi connectivity index (χ4v) is 0.728. The highest BCUT2D eigenvalue weighted by atomic mass is 16.5. The van der Waals surface area contributed by atoms with Crippen molar-refractivity contribution >= 4 is 17.5 Å². The van der Waals surface area contributed by atoms with E-state index in [1.165, 1.54) is 5.48 Å². The lowest BCUT2D eigenvalue weighted by atomic mass is 10.0. The number of ketones is 2. The lowest BCUT2D eigenvalue weighted by Gasteiger charge is -2.01. The Labute approximate surface area is 76.1 Å². The summed E-state index contributed by atoms with van der Waals surface area (Å²) in [6.45, 7) is 3.23. The molecule has 13 heavy (non-hydrogen) atoms. The fraction of sp³-hybridized carbons (Fsp3) is 0.625. The first kappa shape index (κ1) is 11.8. The van der Waals surface area contributed by atoms with Crippen LogP contribution in [0.3, 0.4) is 0 Å². The van der Waals surface area contributed by atoms with Gasteiger partial charge in [0.05, 0.1) is 0 Å². The summed E-state index contributed by atoms with van der Waals surface area (Å²) in [5, 5.41) is 8.10. The quantitative estimate of drug-likeness (QED) is 0.362. The second-order valence-electron chi connectivity index (χ2n) is 2.98. The standard InChI is InChI=1S/C8H13NO4/c1-5(2)8(12)6(10)3-4-7(11)9-13/h5,13H,3-4H2,1-2H3,(H,9,11). The van der Waals surface area contributed by atoms with Gasteiger partial charge >= 0.3 is 0 Å². The summed E-state index contributed by atoms with van der Waals surface area (Å²) in [6, 6.07) is 0. The molecule has 0 unspecified atom stereocenters. The normalized spacial score (nSPS) is 9.85. The molecule has 2 N–H and O–H groups in total. The molecule has 5 nitrogen and oxygen atoms in total. The molecule has 0 aliphatic rings. The highest BCUT2D eigenvalue weighted by Crippen LogP contribution is 2.00. The van der Waals surface area contributed by atoms with Gasteiger partial charge in [0.1, 0.15) is 0 Å². The molecule has 0 aliphatic carbocycles. The number of rotatable bonds is 5. The van der Waals surface area contributed by atoms with Gasteiger partial charge in [0, 0.05) is 18.8 Å². The largest absolute Gasteiger partial charge is 0.291 e. The van der Waals surface area contributed by atoms with Crippen LogP contribution >= 0.6 is 0 Å². The monoisotopic (exact) mass is 187 g/mol. The Kier molecular flexibility index (Phi) is 4.91. The van der Waals surface area contributed by atoms with Crippen molar-refractivity contribution < 1.29 is 19.6 Å². The second-order valence-corrected chi connectivity index (χ2v) is 2.98. The minimum atomic E-state index is -0.662. The van der Waals surface area contributed by atoms with Gasteiger partial charge in [-0.25, -0.2) is 5.48 Å². The van der Waals surface area contributed by atoms with Gasteiger partial charge in [-0.3, -0.25) is 19.6 Å². The zero-order valence-corrected chi connectivity index (χ0v) is 7.66. The van der Waals surface area contributed by atoms with Gasteiger partial charge in [-0.15, -0.1) is 0 Å². The van der Waals surface area contributed by atoms with Gasteiger partial charge in [0.2, 0.25) is 11.7 Å². The lowest BCUT2D eigenvalue weighted by molar-refractivity contribution is -0.139. The van der Waals surface area contributed by atoms with Crippen molar-refractivity contribution in [2.75, 3.05) is 0 Å². The zero-order chi connectivity index (χ0) is 10.4. The summed E-state index contributed by atoms with van der Waals surface area (Å²) >= 11 is 0. The van der Waals surface area contributed by atoms with Crippen LogP contribution in [0.25, 0.3) is 0 Å². The van der Waals surface area contributed by atoms with E-state index in [0.717, 1.165) is 0 Å². The third kappa shape index (κ3) is 4.37. The molecular weight excluding hydrogens is 174 g/mol. The number of carbonyl (C=O) groups excluding carboxylic acids is 3. The van der Waals surface area contributed by atoms with Crippen LogP contribution in [0.1, 0.15) is 26.7 Å². The van der Waals surface area contributed by atoms with Crippen LogP contribution in [0.15, 0.2) is 0 Å². The molecule has 0 radical (unpaired) electrons. The number of hydrogen-bond donors (Lipinski definition) is 2. The van der Waals surface area contributed by atoms with Crippen LogP contribution in [0.4, 0.5) is 0 Å². The average molecular weight is 187 g/mol. The Hall–Kier alpha value is -1.23. The molecule has 0 rings (SSSR count). The van der Waals surface area contributed by atoms with Crippen molar-refractivity contribution in [1.82, 2.24) is 5.48 Å². The predicted molar refractivity (Wildman–Crippen MR) is 44.0 cm³/mol. The maximum absolute atomic E-state index is 11.0. The van der Waals surface area contributed by atoms with E-state index in [1.54, 1.807) is 13.8 Å². The van der Waals surface area contributed by atoms with Gasteiger partial charge in [0.15, 0.2) is 5.78 Å². The number of hydroxylamine groups is 1. The Morgan fingerprint density at radius 1 is 1.23 bits per heavy atom. The van der Waals surface area contributed by atoms with Gasteiger partial charge in [-0.1, -0.05) is 13.8 Å². The molecule has 0 saturated heterocycles. The van der Waals surface area contributed by atoms with Crippen molar-refractivity contribution in [1.29, 1.82) is 0 Å². The summed E-state index contributed by atoms with van der Waals surface area (Å²) < 4.78 is 0. The molecule has 0 aromatic rings. The van der Waals surface area contributed by atoms with E-state index < -0.39 is 17.5 Å². The topological polar surface area (TPSA) is 83.5 Å². The minimum absolute atomic E-state index is 0.149. The predicted octanol–water partition coefficient (Wildman–Crippen LogP) is 0.0662. The van der Waals surface area contributed by atoms with Crippen LogP contribution in [0, 0.1) is 5.92 Å². The summed E-state index contributed by atoms with van der Waals surface area (Å²) in [7, 11) is 0. The van der Waals surface area contributed by atoms with Crippen LogP contribution in [-0.4, -0.2) is 22.7 Å². The first-order chi connectivity index (χ1) is 5.99. The first-order valence-corrected chi connectivity index (χ1v) is 3.99. The van der Waals surface area contributed by atoms with Crippen LogP contribution in [-0.2, 0) is 14.4 Å². The Bertz CT molecular complexity index is 222. The molecule has 0 aliphatic heterocycles. The molecule has 0 heterocycles. The summed E-state index contributed by atoms with van der Waals surface area (Å²) in [5.41, 5.74) is 1.39. The SMILES string of the molecule is CC(C)C(=O)C(=O)CCC(=O)NO. The van der Waals surface area contributed by atoms with E-state index in [-0.39, 0.29) is 18.8 Å². The summed E-state index contributed by atoms with van der Waals surface area (Å²) in [4.78, 5) is 32.5. The third-order valence-corrected chi connectivity index (χ3v) is 1.50. The second kappa shape index (κ2) is 5.42. The van der Waals surface area contributed by atoms with Crippen molar-refractivity contribution in [3.8, 4) is 0 Å². The van der Waals surface area contributed by atoms with E-state index in [1.807, 2.05) is 0 Å². The third-order valence-electron chi connectivity index (χ3n) is 1.50. The molecule has 0 aromatic carbocycles. The molecule has 0 fully saturated rings. The highest BCUT2D eigenvalue weighted by molar-refractivity contribution is 6.38. The molecule has 5 heteroatoms. The summed E-state index contributed by atoms with van der Waals surface area (Å²) in [6.07, 6.45) is -0.308. The van der Waals surface area contributed by atoms with Crippen LogP contribution < -0.4 is 5.48 Å². The Morgan fingerprint density at radius 2 is 1.77 bits per heavy atom. The Morgan fingerprint density at radius 3 is 2.15 bits per heavy atom. The van der Waals surface area contributed by atoms with E-state index in [9.17, 15) is 14.4 Å². The van der Waals surface area contributed by atoms with E-state index in [0.29, 0.717) is 0 Å². The lowest BCUT2D eigenvalue weighted by Crippen LogP contribution is -2.23. The smallest absolute Gasteiger partial charge is 0.243 e. The number of carbonyl (C=O) groups is 3. The van der Waals surface area contributed by atoms with Crippen molar-refractivity contribution in [3.05, 3.63) is 0 Å². The molecule has 0 saturated carbocycles. The number of Topliss-reactive ketones (excluding diaryl/α,β-unsaturated/α-hetero) is 2. The van der Waals surface area contributed by atoms with Crippen LogP contribution in [0.2, 0.25) is 0 Å². The molecule has 0 atom stereocenters. The maximum atomic E-state index is 11.0. The van der Waals surface area contributed by atoms with Crippen LogP contribution in [0.5, 0.6) is 0 Å². The van der Waals surface area contributed by atoms with Crippen molar-refractivity contribution in [2.24, 2.45) is 5.92 Å². The fourth-order valence-electron chi connectivity index (χ4n) is 0.728. The molecule has 74 valence electrons. The number of amides is 1. The molecule has 0 spiro atoms. The number of hydrogen-bond acceptors (Lipinski definition) is 4. The van der Waals surface area contributed by atoms with E-state index in [4.69, 9.17) is 5.21 Å². The van der Waals surface area contributed by atoms with Gasteiger partial charge in [-0.05, 0) is 0 Å². The highest BCUT2D eigenvalue weighted by Gasteiger charge is 2.17. The molecular formula is C8H13NO4. The zero-order valence-electron chi connectivity index (χ0n) is 7.66. The number of nitrogens with one attached hydrogen (secondary N) is 1. The molecule has 0 aromatic heterocycles. The molecule has 0 bridgehead atoms. The van der Waals surface area contributed by atoms with Gasteiger partial charge < -0.3 is 0 Å². The minimum Gasteiger partial charge on any atom is -0.291 e. The maximum Gasteiger partial charge on any atom is 0.243 e. The van der Waals surface area contributed by atoms with Crippen molar-refractivity contribution in [3.63, 3.8) is 0 Å². The van der Waals surface area contributed by atoms with Crippen molar-refractivity contribution in [2.45, 2.75) is 26.7 Å². The first-order valence-electron chi connectivity index (χ1n) is 3.99. The van der Waals surface area contributed by atoms with Gasteiger partial charge in [-0.2, -0.15) is 0 Å².